The first-order valence-electron chi connectivity index (χ1n) is 5.93. The van der Waals surface area contributed by atoms with Crippen LogP contribution in [0.3, 0.4) is 0 Å². The van der Waals surface area contributed by atoms with E-state index in [0.29, 0.717) is 12.2 Å². The quantitative estimate of drug-likeness (QED) is 0.884. The number of aromatic nitrogens is 2. The fourth-order valence-corrected chi connectivity index (χ4v) is 1.94. The van der Waals surface area contributed by atoms with E-state index >= 15 is 0 Å². The highest BCUT2D eigenvalue weighted by Crippen LogP contribution is 2.10. The SMILES string of the molecule is CC(N)Cc1ccn(Cc2cccnc2C#N)c1. The molecule has 0 spiro atoms. The lowest BCUT2D eigenvalue weighted by Crippen LogP contribution is -2.17. The Kier molecular flexibility index (Phi) is 3.75. The summed E-state index contributed by atoms with van der Waals surface area (Å²) in [6, 6.07) is 8.11. The Balaban J connectivity index is 2.14. The van der Waals surface area contributed by atoms with Gasteiger partial charge in [-0.05, 0) is 31.0 Å². The van der Waals surface area contributed by atoms with Crippen LogP contribution in [0.15, 0.2) is 36.8 Å². The molecule has 18 heavy (non-hydrogen) atoms. The molecule has 2 rings (SSSR count). The Hall–Kier alpha value is -2.12. The molecule has 2 aromatic rings. The van der Waals surface area contributed by atoms with E-state index in [4.69, 9.17) is 11.0 Å². The predicted octanol–water partition coefficient (Wildman–Crippen LogP) is 1.69. The first-order valence-corrected chi connectivity index (χ1v) is 5.93. The standard InChI is InChI=1S/C14H16N4/c1-11(16)7-12-4-6-18(9-12)10-13-3-2-5-17-14(13)8-15/h2-6,9,11H,7,10,16H2,1H3. The lowest BCUT2D eigenvalue weighted by atomic mass is 10.1. The smallest absolute Gasteiger partial charge is 0.145 e. The molecular weight excluding hydrogens is 224 g/mol. The molecule has 2 N–H and O–H groups in total. The fourth-order valence-electron chi connectivity index (χ4n) is 1.94. The van der Waals surface area contributed by atoms with Crippen LogP contribution in [0, 0.1) is 11.3 Å². The largest absolute Gasteiger partial charge is 0.350 e. The Labute approximate surface area is 107 Å². The van der Waals surface area contributed by atoms with Crippen LogP contribution < -0.4 is 5.73 Å². The highest BCUT2D eigenvalue weighted by molar-refractivity contribution is 5.31. The third-order valence-corrected chi connectivity index (χ3v) is 2.72. The van der Waals surface area contributed by atoms with Crippen molar-refractivity contribution >= 4 is 0 Å². The van der Waals surface area contributed by atoms with Gasteiger partial charge in [0.1, 0.15) is 11.8 Å². The summed E-state index contributed by atoms with van der Waals surface area (Å²) in [6.07, 6.45) is 6.58. The van der Waals surface area contributed by atoms with Crippen LogP contribution in [-0.4, -0.2) is 15.6 Å². The average Bonchev–Trinajstić information content (AvgIpc) is 2.76. The van der Waals surface area contributed by atoms with Crippen LogP contribution in [0.5, 0.6) is 0 Å². The van der Waals surface area contributed by atoms with Gasteiger partial charge in [0.15, 0.2) is 0 Å². The summed E-state index contributed by atoms with van der Waals surface area (Å²) in [4.78, 5) is 4.05. The van der Waals surface area contributed by atoms with E-state index in [1.54, 1.807) is 6.20 Å². The van der Waals surface area contributed by atoms with Crippen molar-refractivity contribution in [2.45, 2.75) is 25.9 Å². The Morgan fingerprint density at radius 3 is 3.06 bits per heavy atom. The number of nitriles is 1. The van der Waals surface area contributed by atoms with Crippen molar-refractivity contribution in [1.29, 1.82) is 5.26 Å². The Morgan fingerprint density at radius 2 is 2.33 bits per heavy atom. The molecule has 1 atom stereocenters. The normalized spacial score (nSPS) is 12.1. The lowest BCUT2D eigenvalue weighted by molar-refractivity contribution is 0.731. The van der Waals surface area contributed by atoms with Gasteiger partial charge in [-0.3, -0.25) is 0 Å². The second-order valence-corrected chi connectivity index (χ2v) is 4.50. The molecule has 0 aliphatic heterocycles. The summed E-state index contributed by atoms with van der Waals surface area (Å²) in [6.45, 7) is 2.65. The van der Waals surface area contributed by atoms with E-state index in [1.807, 2.05) is 25.3 Å². The maximum atomic E-state index is 8.98. The topological polar surface area (TPSA) is 67.6 Å². The molecule has 1 unspecified atom stereocenters. The van der Waals surface area contributed by atoms with Crippen molar-refractivity contribution in [1.82, 2.24) is 9.55 Å². The highest BCUT2D eigenvalue weighted by Gasteiger charge is 2.04. The van der Waals surface area contributed by atoms with E-state index < -0.39 is 0 Å². The minimum absolute atomic E-state index is 0.161. The summed E-state index contributed by atoms with van der Waals surface area (Å²) in [5, 5.41) is 8.98. The maximum Gasteiger partial charge on any atom is 0.145 e. The summed E-state index contributed by atoms with van der Waals surface area (Å²) in [7, 11) is 0. The van der Waals surface area contributed by atoms with Crippen molar-refractivity contribution in [2.75, 3.05) is 0 Å². The van der Waals surface area contributed by atoms with E-state index in [-0.39, 0.29) is 6.04 Å². The second-order valence-electron chi connectivity index (χ2n) is 4.50. The monoisotopic (exact) mass is 240 g/mol. The molecule has 0 fully saturated rings. The van der Waals surface area contributed by atoms with Gasteiger partial charge in [0, 0.05) is 36.7 Å². The first-order chi connectivity index (χ1) is 8.69. The molecule has 0 aliphatic carbocycles. The third kappa shape index (κ3) is 2.96. The molecule has 0 bridgehead atoms. The summed E-state index contributed by atoms with van der Waals surface area (Å²) >= 11 is 0. The van der Waals surface area contributed by atoms with Gasteiger partial charge < -0.3 is 10.3 Å². The molecule has 2 heterocycles. The number of nitrogens with zero attached hydrogens (tertiary/aromatic N) is 3. The number of pyridine rings is 1. The van der Waals surface area contributed by atoms with Gasteiger partial charge in [0.05, 0.1) is 0 Å². The van der Waals surface area contributed by atoms with Crippen LogP contribution in [-0.2, 0) is 13.0 Å². The zero-order chi connectivity index (χ0) is 13.0. The van der Waals surface area contributed by atoms with Gasteiger partial charge in [0.2, 0.25) is 0 Å². The van der Waals surface area contributed by atoms with Crippen LogP contribution in [0.25, 0.3) is 0 Å². The number of hydrogen-bond acceptors (Lipinski definition) is 3. The molecule has 0 saturated heterocycles. The summed E-state index contributed by atoms with van der Waals surface area (Å²) < 4.78 is 2.05. The van der Waals surface area contributed by atoms with E-state index in [0.717, 1.165) is 12.0 Å². The minimum atomic E-state index is 0.161. The number of rotatable bonds is 4. The molecule has 4 heteroatoms. The molecule has 4 nitrogen and oxygen atoms in total. The van der Waals surface area contributed by atoms with E-state index in [2.05, 4.69) is 27.9 Å². The van der Waals surface area contributed by atoms with Gasteiger partial charge in [0.25, 0.3) is 0 Å². The van der Waals surface area contributed by atoms with Crippen LogP contribution >= 0.6 is 0 Å². The second kappa shape index (κ2) is 5.48. The zero-order valence-electron chi connectivity index (χ0n) is 10.4. The summed E-state index contributed by atoms with van der Waals surface area (Å²) in [5.41, 5.74) is 8.40. The van der Waals surface area contributed by atoms with Gasteiger partial charge in [-0.1, -0.05) is 6.07 Å². The fraction of sp³-hybridized carbons (Fsp3) is 0.286. The average molecular weight is 240 g/mol. The van der Waals surface area contributed by atoms with Crippen molar-refractivity contribution in [3.05, 3.63) is 53.6 Å². The highest BCUT2D eigenvalue weighted by atomic mass is 14.9. The van der Waals surface area contributed by atoms with E-state index in [9.17, 15) is 0 Å². The lowest BCUT2D eigenvalue weighted by Gasteiger charge is -2.05. The van der Waals surface area contributed by atoms with Crippen LogP contribution in [0.2, 0.25) is 0 Å². The van der Waals surface area contributed by atoms with Crippen molar-refractivity contribution in [3.8, 4) is 6.07 Å². The van der Waals surface area contributed by atoms with E-state index in [1.165, 1.54) is 5.56 Å². The van der Waals surface area contributed by atoms with Crippen LogP contribution in [0.1, 0.15) is 23.7 Å². The van der Waals surface area contributed by atoms with Gasteiger partial charge in [-0.15, -0.1) is 0 Å². The first kappa shape index (κ1) is 12.3. The molecule has 92 valence electrons. The minimum Gasteiger partial charge on any atom is -0.350 e. The number of hydrogen-bond donors (Lipinski definition) is 1. The van der Waals surface area contributed by atoms with Crippen molar-refractivity contribution in [2.24, 2.45) is 5.73 Å². The molecule has 0 radical (unpaired) electrons. The molecule has 2 aromatic heterocycles. The van der Waals surface area contributed by atoms with Gasteiger partial charge >= 0.3 is 0 Å². The van der Waals surface area contributed by atoms with Crippen molar-refractivity contribution in [3.63, 3.8) is 0 Å². The van der Waals surface area contributed by atoms with Gasteiger partial charge in [-0.25, -0.2) is 4.98 Å². The number of nitrogens with two attached hydrogens (primary N) is 1. The Morgan fingerprint density at radius 1 is 1.50 bits per heavy atom. The third-order valence-electron chi connectivity index (χ3n) is 2.72. The molecule has 0 aromatic carbocycles. The van der Waals surface area contributed by atoms with Crippen LogP contribution in [0.4, 0.5) is 0 Å². The Bertz CT molecular complexity index is 563. The van der Waals surface area contributed by atoms with Crippen molar-refractivity contribution < 1.29 is 0 Å². The molecule has 0 saturated carbocycles. The van der Waals surface area contributed by atoms with Gasteiger partial charge in [-0.2, -0.15) is 5.26 Å². The zero-order valence-corrected chi connectivity index (χ0v) is 10.4. The molecule has 0 amide bonds. The predicted molar refractivity (Wildman–Crippen MR) is 69.8 cm³/mol. The maximum absolute atomic E-state index is 8.98. The molecular formula is C14H16N4. The molecule has 0 aliphatic rings. The summed E-state index contributed by atoms with van der Waals surface area (Å²) in [5.74, 6) is 0.